The second kappa shape index (κ2) is 8.41. The maximum absolute atomic E-state index is 12.6. The Morgan fingerprint density at radius 3 is 2.64 bits per heavy atom. The van der Waals surface area contributed by atoms with E-state index in [2.05, 4.69) is 17.4 Å². The van der Waals surface area contributed by atoms with Crippen LogP contribution in [0, 0.1) is 0 Å². The van der Waals surface area contributed by atoms with Gasteiger partial charge in [-0.3, -0.25) is 9.59 Å². The van der Waals surface area contributed by atoms with E-state index in [1.807, 2.05) is 6.07 Å². The van der Waals surface area contributed by atoms with Crippen LogP contribution in [0.4, 0.5) is 0 Å². The second-order valence-corrected chi connectivity index (χ2v) is 8.25. The lowest BCUT2D eigenvalue weighted by molar-refractivity contribution is -0.135. The van der Waals surface area contributed by atoms with Crippen molar-refractivity contribution in [1.29, 1.82) is 0 Å². The van der Waals surface area contributed by atoms with Crippen LogP contribution in [0.25, 0.3) is 0 Å². The lowest BCUT2D eigenvalue weighted by Crippen LogP contribution is -2.45. The molecule has 6 heteroatoms. The first-order chi connectivity index (χ1) is 13.7. The maximum Gasteiger partial charge on any atom is 0.239 e. The number of carbonyl (C=O) groups is 2. The van der Waals surface area contributed by atoms with Crippen LogP contribution in [0.15, 0.2) is 18.2 Å². The third kappa shape index (κ3) is 4.10. The number of rotatable bonds is 5. The number of nitrogens with one attached hydrogen (secondary N) is 1. The molecule has 0 spiro atoms. The molecule has 0 radical (unpaired) electrons. The van der Waals surface area contributed by atoms with Gasteiger partial charge in [0.2, 0.25) is 11.8 Å². The Morgan fingerprint density at radius 1 is 1.04 bits per heavy atom. The standard InChI is InChI=1S/C22H30N2O4/c25-20(15-24-11-5-1-2-6-21(24)26)23-16-22(9-3-4-10-22)17-7-8-18-19(14-17)28-13-12-27-18/h7-8,14H,1-6,9-13,15-16H2,(H,23,25). The lowest BCUT2D eigenvalue weighted by Gasteiger charge is -2.32. The molecule has 0 atom stereocenters. The zero-order valence-corrected chi connectivity index (χ0v) is 16.5. The van der Waals surface area contributed by atoms with Gasteiger partial charge in [-0.25, -0.2) is 0 Å². The second-order valence-electron chi connectivity index (χ2n) is 8.25. The number of amides is 2. The predicted molar refractivity (Wildman–Crippen MR) is 106 cm³/mol. The van der Waals surface area contributed by atoms with Crippen LogP contribution in [-0.4, -0.2) is 49.6 Å². The van der Waals surface area contributed by atoms with E-state index in [-0.39, 0.29) is 23.8 Å². The fourth-order valence-corrected chi connectivity index (χ4v) is 4.70. The largest absolute Gasteiger partial charge is 0.486 e. The molecule has 1 aromatic carbocycles. The Balaban J connectivity index is 1.42. The van der Waals surface area contributed by atoms with Crippen molar-refractivity contribution in [2.24, 2.45) is 0 Å². The summed E-state index contributed by atoms with van der Waals surface area (Å²) in [7, 11) is 0. The summed E-state index contributed by atoms with van der Waals surface area (Å²) in [5, 5.41) is 3.13. The van der Waals surface area contributed by atoms with Gasteiger partial charge in [0.15, 0.2) is 11.5 Å². The molecule has 2 heterocycles. The van der Waals surface area contributed by atoms with E-state index in [1.54, 1.807) is 4.90 Å². The van der Waals surface area contributed by atoms with Crippen LogP contribution in [-0.2, 0) is 15.0 Å². The zero-order chi connectivity index (χ0) is 19.4. The molecule has 6 nitrogen and oxygen atoms in total. The zero-order valence-electron chi connectivity index (χ0n) is 16.5. The summed E-state index contributed by atoms with van der Waals surface area (Å²) < 4.78 is 11.4. The normalized spacial score (nSPS) is 21.3. The fourth-order valence-electron chi connectivity index (χ4n) is 4.70. The van der Waals surface area contributed by atoms with Crippen molar-refractivity contribution in [3.05, 3.63) is 23.8 Å². The van der Waals surface area contributed by atoms with Crippen LogP contribution < -0.4 is 14.8 Å². The first-order valence-electron chi connectivity index (χ1n) is 10.6. The lowest BCUT2D eigenvalue weighted by atomic mass is 9.78. The van der Waals surface area contributed by atoms with Crippen LogP contribution in [0.1, 0.15) is 56.9 Å². The van der Waals surface area contributed by atoms with Crippen molar-refractivity contribution < 1.29 is 19.1 Å². The number of nitrogens with zero attached hydrogens (tertiary/aromatic N) is 1. The smallest absolute Gasteiger partial charge is 0.239 e. The summed E-state index contributed by atoms with van der Waals surface area (Å²) >= 11 is 0. The number of hydrogen-bond donors (Lipinski definition) is 1. The molecular formula is C22H30N2O4. The van der Waals surface area contributed by atoms with Crippen molar-refractivity contribution in [3.8, 4) is 11.5 Å². The number of likely N-dealkylation sites (tertiary alicyclic amines) is 1. The van der Waals surface area contributed by atoms with E-state index in [9.17, 15) is 9.59 Å². The first-order valence-corrected chi connectivity index (χ1v) is 10.6. The molecule has 1 saturated carbocycles. The van der Waals surface area contributed by atoms with Gasteiger partial charge in [-0.15, -0.1) is 0 Å². The van der Waals surface area contributed by atoms with Gasteiger partial charge in [0, 0.05) is 24.9 Å². The third-order valence-corrected chi connectivity index (χ3v) is 6.35. The SMILES string of the molecule is O=C(CN1CCCCCC1=O)NCC1(c2ccc3c(c2)OCCO3)CCCC1. The van der Waals surface area contributed by atoms with E-state index in [1.165, 1.54) is 5.56 Å². The van der Waals surface area contributed by atoms with Crippen molar-refractivity contribution >= 4 is 11.8 Å². The van der Waals surface area contributed by atoms with E-state index < -0.39 is 0 Å². The molecule has 1 aliphatic carbocycles. The summed E-state index contributed by atoms with van der Waals surface area (Å²) in [5.41, 5.74) is 1.15. The molecule has 0 unspecified atom stereocenters. The molecule has 28 heavy (non-hydrogen) atoms. The highest BCUT2D eigenvalue weighted by Crippen LogP contribution is 2.43. The molecule has 1 aromatic rings. The highest BCUT2D eigenvalue weighted by Gasteiger charge is 2.37. The van der Waals surface area contributed by atoms with Crippen LogP contribution in [0.2, 0.25) is 0 Å². The molecule has 4 rings (SSSR count). The number of hydrogen-bond acceptors (Lipinski definition) is 4. The Hall–Kier alpha value is -2.24. The van der Waals surface area contributed by atoms with Gasteiger partial charge < -0.3 is 19.7 Å². The molecular weight excluding hydrogens is 356 g/mol. The average molecular weight is 386 g/mol. The van der Waals surface area contributed by atoms with Gasteiger partial charge in [0.1, 0.15) is 13.2 Å². The minimum absolute atomic E-state index is 0.0564. The molecule has 1 N–H and O–H groups in total. The van der Waals surface area contributed by atoms with Gasteiger partial charge in [-0.2, -0.15) is 0 Å². The number of ether oxygens (including phenoxy) is 2. The van der Waals surface area contributed by atoms with Gasteiger partial charge in [0.05, 0.1) is 6.54 Å². The summed E-state index contributed by atoms with van der Waals surface area (Å²) in [5.74, 6) is 1.65. The first kappa shape index (κ1) is 19.1. The van der Waals surface area contributed by atoms with Crippen LogP contribution >= 0.6 is 0 Å². The highest BCUT2D eigenvalue weighted by molar-refractivity contribution is 5.85. The van der Waals surface area contributed by atoms with Gasteiger partial charge in [-0.05, 0) is 43.4 Å². The van der Waals surface area contributed by atoms with E-state index in [0.29, 0.717) is 32.7 Å². The predicted octanol–water partition coefficient (Wildman–Crippen LogP) is 2.79. The third-order valence-electron chi connectivity index (χ3n) is 6.35. The van der Waals surface area contributed by atoms with Gasteiger partial charge in [-0.1, -0.05) is 25.3 Å². The summed E-state index contributed by atoms with van der Waals surface area (Å²) in [6.45, 7) is 2.63. The molecule has 1 saturated heterocycles. The molecule has 2 fully saturated rings. The molecule has 152 valence electrons. The Kier molecular flexibility index (Phi) is 5.74. The van der Waals surface area contributed by atoms with E-state index in [0.717, 1.165) is 56.4 Å². The molecule has 2 aliphatic heterocycles. The molecule has 0 bridgehead atoms. The topological polar surface area (TPSA) is 67.9 Å². The van der Waals surface area contributed by atoms with Gasteiger partial charge in [0.25, 0.3) is 0 Å². The highest BCUT2D eigenvalue weighted by atomic mass is 16.6. The number of carbonyl (C=O) groups excluding carboxylic acids is 2. The van der Waals surface area contributed by atoms with Crippen molar-refractivity contribution in [3.63, 3.8) is 0 Å². The van der Waals surface area contributed by atoms with Crippen molar-refractivity contribution in [2.75, 3.05) is 32.8 Å². The quantitative estimate of drug-likeness (QED) is 0.845. The van der Waals surface area contributed by atoms with E-state index >= 15 is 0 Å². The number of fused-ring (bicyclic) bond motifs is 1. The maximum atomic E-state index is 12.6. The molecule has 3 aliphatic rings. The average Bonchev–Trinajstić information content (AvgIpc) is 3.12. The Bertz CT molecular complexity index is 727. The van der Waals surface area contributed by atoms with Crippen LogP contribution in [0.3, 0.4) is 0 Å². The number of benzene rings is 1. The summed E-state index contributed by atoms with van der Waals surface area (Å²) in [6, 6.07) is 6.19. The monoisotopic (exact) mass is 386 g/mol. The van der Waals surface area contributed by atoms with Crippen molar-refractivity contribution in [1.82, 2.24) is 10.2 Å². The summed E-state index contributed by atoms with van der Waals surface area (Å²) in [6.07, 6.45) is 7.98. The Morgan fingerprint density at radius 2 is 1.82 bits per heavy atom. The van der Waals surface area contributed by atoms with E-state index in [4.69, 9.17) is 9.47 Å². The summed E-state index contributed by atoms with van der Waals surface area (Å²) in [4.78, 5) is 26.4. The Labute approximate surface area is 166 Å². The minimum atomic E-state index is -0.0612. The fraction of sp³-hybridized carbons (Fsp3) is 0.636. The minimum Gasteiger partial charge on any atom is -0.486 e. The molecule has 0 aromatic heterocycles. The molecule has 2 amide bonds. The van der Waals surface area contributed by atoms with Crippen LogP contribution in [0.5, 0.6) is 11.5 Å². The van der Waals surface area contributed by atoms with Gasteiger partial charge >= 0.3 is 0 Å². The van der Waals surface area contributed by atoms with Crippen molar-refractivity contribution in [2.45, 2.75) is 56.8 Å².